The van der Waals surface area contributed by atoms with Crippen molar-refractivity contribution in [1.82, 2.24) is 10.2 Å². The van der Waals surface area contributed by atoms with E-state index in [0.29, 0.717) is 23.4 Å². The Morgan fingerprint density at radius 1 is 1.19 bits per heavy atom. The summed E-state index contributed by atoms with van der Waals surface area (Å²) in [5.41, 5.74) is -0.700. The van der Waals surface area contributed by atoms with Crippen LogP contribution in [0.4, 0.5) is 13.2 Å². The van der Waals surface area contributed by atoms with Crippen LogP contribution in [0.25, 0.3) is 11.5 Å². The van der Waals surface area contributed by atoms with E-state index in [1.807, 2.05) is 0 Å². The number of esters is 1. The van der Waals surface area contributed by atoms with E-state index >= 15 is 0 Å². The number of hydrogen-bond donors (Lipinski definition) is 0. The van der Waals surface area contributed by atoms with Crippen molar-refractivity contribution >= 4 is 17.6 Å². The number of carbonyl (C=O) groups is 1. The molecule has 0 fully saturated rings. The largest absolute Gasteiger partial charge is 0.452 e. The number of rotatable bonds is 4. The summed E-state index contributed by atoms with van der Waals surface area (Å²) in [6.07, 6.45) is -1.63. The molecular weight excluding hydrogens is 373 g/mol. The van der Waals surface area contributed by atoms with Crippen molar-refractivity contribution in [3.8, 4) is 11.5 Å². The fourth-order valence-corrected chi connectivity index (χ4v) is 2.94. The maximum absolute atomic E-state index is 13.1. The molecule has 1 aromatic carbocycles. The van der Waals surface area contributed by atoms with Crippen LogP contribution in [0.15, 0.2) is 39.3 Å². The second-order valence-corrected chi connectivity index (χ2v) is 6.17. The first-order valence-electron chi connectivity index (χ1n) is 7.90. The van der Waals surface area contributed by atoms with Crippen LogP contribution in [0.2, 0.25) is 0 Å². The fraction of sp³-hybridized carbons (Fsp3) is 0.353. The van der Waals surface area contributed by atoms with Crippen molar-refractivity contribution in [3.63, 3.8) is 0 Å². The van der Waals surface area contributed by atoms with Crippen molar-refractivity contribution in [2.24, 2.45) is 0 Å². The van der Waals surface area contributed by atoms with Gasteiger partial charge in [-0.2, -0.15) is 13.2 Å². The first-order chi connectivity index (χ1) is 12.4. The van der Waals surface area contributed by atoms with Crippen molar-refractivity contribution in [2.75, 3.05) is 0 Å². The quantitative estimate of drug-likeness (QED) is 0.702. The molecular formula is C17H14ClF3N2O3. The SMILES string of the molecule is O=C(OCc1nnc(-c2ccccc2C(F)(F)F)o1)C1=C(Cl)CCCC1. The standard InChI is InChI=1S/C17H14ClF3N2O3/c18-13-8-4-2-6-11(13)16(24)25-9-14-22-23-15(26-14)10-5-1-3-7-12(10)17(19,20)21/h1,3,5,7H,2,4,6,8-9H2. The molecule has 5 nitrogen and oxygen atoms in total. The summed E-state index contributed by atoms with van der Waals surface area (Å²) in [6.45, 7) is -0.340. The van der Waals surface area contributed by atoms with Gasteiger partial charge in [0.15, 0.2) is 6.61 Å². The summed E-state index contributed by atoms with van der Waals surface area (Å²) in [5.74, 6) is -0.970. The molecule has 138 valence electrons. The van der Waals surface area contributed by atoms with Gasteiger partial charge in [-0.25, -0.2) is 4.79 Å². The van der Waals surface area contributed by atoms with E-state index in [4.69, 9.17) is 20.8 Å². The lowest BCUT2D eigenvalue weighted by atomic mass is 9.99. The van der Waals surface area contributed by atoms with Gasteiger partial charge in [-0.3, -0.25) is 0 Å². The highest BCUT2D eigenvalue weighted by Gasteiger charge is 2.34. The minimum Gasteiger partial charge on any atom is -0.452 e. The van der Waals surface area contributed by atoms with Crippen LogP contribution in [-0.4, -0.2) is 16.2 Å². The molecule has 0 saturated carbocycles. The van der Waals surface area contributed by atoms with Crippen LogP contribution in [0.1, 0.15) is 37.1 Å². The summed E-state index contributed by atoms with van der Waals surface area (Å²) in [4.78, 5) is 12.0. The van der Waals surface area contributed by atoms with Gasteiger partial charge in [-0.05, 0) is 37.8 Å². The van der Waals surface area contributed by atoms with E-state index in [-0.39, 0.29) is 24.0 Å². The second-order valence-electron chi connectivity index (χ2n) is 5.71. The molecule has 26 heavy (non-hydrogen) atoms. The van der Waals surface area contributed by atoms with E-state index < -0.39 is 17.7 Å². The van der Waals surface area contributed by atoms with E-state index in [2.05, 4.69) is 10.2 Å². The number of alkyl halides is 3. The lowest BCUT2D eigenvalue weighted by Gasteiger charge is -2.14. The summed E-state index contributed by atoms with van der Waals surface area (Å²) in [6, 6.07) is 4.87. The Morgan fingerprint density at radius 3 is 2.65 bits per heavy atom. The number of hydrogen-bond acceptors (Lipinski definition) is 5. The molecule has 1 aliphatic rings. The summed E-state index contributed by atoms with van der Waals surface area (Å²) in [5, 5.41) is 7.74. The Bertz CT molecular complexity index is 846. The Labute approximate surface area is 151 Å². The summed E-state index contributed by atoms with van der Waals surface area (Å²) < 4.78 is 49.5. The molecule has 2 aromatic rings. The van der Waals surface area contributed by atoms with Crippen molar-refractivity contribution in [3.05, 3.63) is 46.3 Å². The van der Waals surface area contributed by atoms with Gasteiger partial charge in [0.05, 0.1) is 16.7 Å². The molecule has 0 saturated heterocycles. The van der Waals surface area contributed by atoms with Crippen LogP contribution in [0.5, 0.6) is 0 Å². The number of carbonyl (C=O) groups excluding carboxylic acids is 1. The van der Waals surface area contributed by atoms with Crippen LogP contribution < -0.4 is 0 Å². The predicted molar refractivity (Wildman–Crippen MR) is 85.9 cm³/mol. The molecule has 3 rings (SSSR count). The lowest BCUT2D eigenvalue weighted by Crippen LogP contribution is -2.12. The molecule has 9 heteroatoms. The van der Waals surface area contributed by atoms with Gasteiger partial charge >= 0.3 is 12.1 Å². The molecule has 0 bridgehead atoms. The topological polar surface area (TPSA) is 65.2 Å². The minimum atomic E-state index is -4.55. The molecule has 0 spiro atoms. The first kappa shape index (κ1) is 18.4. The number of halogens is 4. The van der Waals surface area contributed by atoms with Gasteiger partial charge in [0.1, 0.15) is 0 Å². The maximum atomic E-state index is 13.1. The minimum absolute atomic E-state index is 0.0992. The van der Waals surface area contributed by atoms with Gasteiger partial charge < -0.3 is 9.15 Å². The maximum Gasteiger partial charge on any atom is 0.417 e. The highest BCUT2D eigenvalue weighted by Crippen LogP contribution is 2.36. The Balaban J connectivity index is 1.73. The van der Waals surface area contributed by atoms with Crippen LogP contribution >= 0.6 is 11.6 Å². The predicted octanol–water partition coefficient (Wildman–Crippen LogP) is 4.87. The zero-order valence-corrected chi connectivity index (χ0v) is 14.2. The zero-order valence-electron chi connectivity index (χ0n) is 13.5. The summed E-state index contributed by atoms with van der Waals surface area (Å²) in [7, 11) is 0. The zero-order chi connectivity index (χ0) is 18.7. The molecule has 0 amide bonds. The first-order valence-corrected chi connectivity index (χ1v) is 8.27. The van der Waals surface area contributed by atoms with E-state index in [1.165, 1.54) is 18.2 Å². The van der Waals surface area contributed by atoms with Gasteiger partial charge in [0.25, 0.3) is 5.89 Å². The number of benzene rings is 1. The van der Waals surface area contributed by atoms with Crippen LogP contribution in [0, 0.1) is 0 Å². The number of nitrogens with zero attached hydrogens (tertiary/aromatic N) is 2. The average molecular weight is 387 g/mol. The van der Waals surface area contributed by atoms with Gasteiger partial charge in [0.2, 0.25) is 5.89 Å². The molecule has 1 aromatic heterocycles. The molecule has 0 unspecified atom stereocenters. The van der Waals surface area contributed by atoms with E-state index in [0.717, 1.165) is 18.9 Å². The highest BCUT2D eigenvalue weighted by atomic mass is 35.5. The normalized spacial score (nSPS) is 15.2. The van der Waals surface area contributed by atoms with Crippen molar-refractivity contribution in [1.29, 1.82) is 0 Å². The third-order valence-corrected chi connectivity index (χ3v) is 4.32. The van der Waals surface area contributed by atoms with Crippen molar-refractivity contribution < 1.29 is 27.1 Å². The summed E-state index contributed by atoms with van der Waals surface area (Å²) >= 11 is 6.02. The second kappa shape index (κ2) is 7.49. The lowest BCUT2D eigenvalue weighted by molar-refractivity contribution is -0.141. The van der Waals surface area contributed by atoms with Crippen molar-refractivity contribution in [2.45, 2.75) is 38.5 Å². The molecule has 0 aliphatic heterocycles. The molecule has 0 radical (unpaired) electrons. The third-order valence-electron chi connectivity index (χ3n) is 3.90. The van der Waals surface area contributed by atoms with Gasteiger partial charge in [-0.15, -0.1) is 10.2 Å². The van der Waals surface area contributed by atoms with Gasteiger partial charge in [0, 0.05) is 5.03 Å². The van der Waals surface area contributed by atoms with E-state index in [9.17, 15) is 18.0 Å². The number of allylic oxidation sites excluding steroid dienone is 1. The van der Waals surface area contributed by atoms with Crippen LogP contribution in [-0.2, 0) is 22.3 Å². The van der Waals surface area contributed by atoms with Gasteiger partial charge in [-0.1, -0.05) is 23.7 Å². The highest BCUT2D eigenvalue weighted by molar-refractivity contribution is 6.31. The average Bonchev–Trinajstić information content (AvgIpc) is 3.08. The smallest absolute Gasteiger partial charge is 0.417 e. The van der Waals surface area contributed by atoms with E-state index in [1.54, 1.807) is 0 Å². The molecule has 1 aliphatic carbocycles. The Kier molecular flexibility index (Phi) is 5.31. The fourth-order valence-electron chi connectivity index (χ4n) is 2.63. The monoisotopic (exact) mass is 386 g/mol. The molecule has 0 N–H and O–H groups in total. The third kappa shape index (κ3) is 4.07. The number of aromatic nitrogens is 2. The Hall–Kier alpha value is -2.35. The molecule has 0 atom stereocenters. The Morgan fingerprint density at radius 2 is 1.92 bits per heavy atom. The van der Waals surface area contributed by atoms with Crippen LogP contribution in [0.3, 0.4) is 0 Å². The molecule has 1 heterocycles. The number of ether oxygens (including phenoxy) is 1.